The monoisotopic (exact) mass is 226 g/mol. The van der Waals surface area contributed by atoms with Crippen LogP contribution in [0.1, 0.15) is 0 Å². The number of nitrogens with one attached hydrogen (secondary N) is 2. The van der Waals surface area contributed by atoms with E-state index in [2.05, 4.69) is 5.32 Å². The molecule has 1 amide bonds. The van der Waals surface area contributed by atoms with Crippen molar-refractivity contribution in [1.82, 2.24) is 14.8 Å². The van der Waals surface area contributed by atoms with E-state index in [0.717, 1.165) is 26.2 Å². The van der Waals surface area contributed by atoms with Gasteiger partial charge in [-0.2, -0.15) is 0 Å². The van der Waals surface area contributed by atoms with Gasteiger partial charge in [0.15, 0.2) is 4.80 Å². The first-order valence-corrected chi connectivity index (χ1v) is 5.82. The summed E-state index contributed by atoms with van der Waals surface area (Å²) < 4.78 is 1.68. The lowest BCUT2D eigenvalue weighted by atomic mass is 10.3. The summed E-state index contributed by atoms with van der Waals surface area (Å²) in [6.45, 7) is 3.58. The zero-order valence-electron chi connectivity index (χ0n) is 8.40. The number of carbonyl (C=O) groups excluding carboxylic acids is 1. The molecule has 2 rings (SSSR count). The molecule has 0 spiro atoms. The zero-order valence-corrected chi connectivity index (χ0v) is 9.22. The smallest absolute Gasteiger partial charge is 0.242 e. The molecule has 1 aliphatic heterocycles. The number of amides is 1. The minimum absolute atomic E-state index is 0.105. The molecule has 82 valence electrons. The third kappa shape index (κ3) is 2.45. The van der Waals surface area contributed by atoms with Gasteiger partial charge in [0.25, 0.3) is 0 Å². The third-order valence-electron chi connectivity index (χ3n) is 2.46. The maximum Gasteiger partial charge on any atom is 0.242 e. The van der Waals surface area contributed by atoms with Crippen molar-refractivity contribution in [3.05, 3.63) is 16.4 Å². The van der Waals surface area contributed by atoms with Crippen molar-refractivity contribution in [2.24, 2.45) is 0 Å². The second kappa shape index (κ2) is 4.59. The predicted octanol–water partition coefficient (Wildman–Crippen LogP) is -0.539. The van der Waals surface area contributed by atoms with Gasteiger partial charge in [0.05, 0.1) is 0 Å². The van der Waals surface area contributed by atoms with Crippen molar-refractivity contribution in [2.45, 2.75) is 6.54 Å². The summed E-state index contributed by atoms with van der Waals surface area (Å²) in [6.07, 6.45) is 1.78. The lowest BCUT2D eigenvalue weighted by Gasteiger charge is -2.27. The Morgan fingerprint density at radius 1 is 1.53 bits per heavy atom. The van der Waals surface area contributed by atoms with Crippen LogP contribution in [0.25, 0.3) is 0 Å². The Hall–Kier alpha value is -1.14. The van der Waals surface area contributed by atoms with Crippen LogP contribution >= 0.6 is 11.3 Å². The van der Waals surface area contributed by atoms with E-state index in [-0.39, 0.29) is 5.91 Å². The van der Waals surface area contributed by atoms with Crippen molar-refractivity contribution >= 4 is 17.2 Å². The zero-order chi connectivity index (χ0) is 10.7. The van der Waals surface area contributed by atoms with Crippen LogP contribution in [-0.2, 0) is 11.3 Å². The van der Waals surface area contributed by atoms with Crippen LogP contribution in [0.15, 0.2) is 11.6 Å². The topological polar surface area (TPSA) is 61.1 Å². The van der Waals surface area contributed by atoms with Gasteiger partial charge in [-0.1, -0.05) is 0 Å². The van der Waals surface area contributed by atoms with Gasteiger partial charge in [0.2, 0.25) is 5.91 Å². The number of piperazine rings is 1. The molecule has 1 aliphatic rings. The molecule has 1 aromatic heterocycles. The summed E-state index contributed by atoms with van der Waals surface area (Å²) >= 11 is 1.34. The molecule has 15 heavy (non-hydrogen) atoms. The first kappa shape index (κ1) is 10.4. The second-order valence-corrected chi connectivity index (χ2v) is 4.36. The molecule has 0 bridgehead atoms. The van der Waals surface area contributed by atoms with Crippen LogP contribution in [0.5, 0.6) is 0 Å². The third-order valence-corrected chi connectivity index (χ3v) is 3.17. The molecule has 0 unspecified atom stereocenters. The molecular formula is C9H14N4OS. The molecule has 1 fully saturated rings. The van der Waals surface area contributed by atoms with Crippen molar-refractivity contribution in [3.8, 4) is 0 Å². The molecule has 6 heteroatoms. The first-order valence-electron chi connectivity index (χ1n) is 4.94. The van der Waals surface area contributed by atoms with Crippen LogP contribution in [0.4, 0.5) is 0 Å². The van der Waals surface area contributed by atoms with Gasteiger partial charge in [-0.15, -0.1) is 11.3 Å². The number of thiazole rings is 1. The summed E-state index contributed by atoms with van der Waals surface area (Å²) in [6, 6.07) is 0. The van der Waals surface area contributed by atoms with Gasteiger partial charge in [0, 0.05) is 37.8 Å². The SMILES string of the molecule is N=c1sccn1CC(=O)N1CCNCC1. The Morgan fingerprint density at radius 3 is 2.87 bits per heavy atom. The van der Waals surface area contributed by atoms with E-state index in [1.54, 1.807) is 10.8 Å². The Labute approximate surface area is 91.8 Å². The van der Waals surface area contributed by atoms with E-state index >= 15 is 0 Å². The summed E-state index contributed by atoms with van der Waals surface area (Å²) in [7, 11) is 0. The van der Waals surface area contributed by atoms with E-state index < -0.39 is 0 Å². The minimum atomic E-state index is 0.105. The van der Waals surface area contributed by atoms with Crippen LogP contribution < -0.4 is 10.1 Å². The van der Waals surface area contributed by atoms with Crippen LogP contribution in [0.3, 0.4) is 0 Å². The average Bonchev–Trinajstić information content (AvgIpc) is 2.66. The van der Waals surface area contributed by atoms with Crippen molar-refractivity contribution in [1.29, 1.82) is 5.41 Å². The van der Waals surface area contributed by atoms with Gasteiger partial charge in [-0.25, -0.2) is 0 Å². The van der Waals surface area contributed by atoms with Crippen molar-refractivity contribution < 1.29 is 4.79 Å². The second-order valence-electron chi connectivity index (χ2n) is 3.47. The van der Waals surface area contributed by atoms with Gasteiger partial charge >= 0.3 is 0 Å². The molecule has 2 N–H and O–H groups in total. The van der Waals surface area contributed by atoms with Gasteiger partial charge < -0.3 is 14.8 Å². The highest BCUT2D eigenvalue weighted by Crippen LogP contribution is 1.96. The average molecular weight is 226 g/mol. The van der Waals surface area contributed by atoms with E-state index in [1.165, 1.54) is 11.3 Å². The van der Waals surface area contributed by atoms with Crippen molar-refractivity contribution in [2.75, 3.05) is 26.2 Å². The molecule has 0 aliphatic carbocycles. The highest BCUT2D eigenvalue weighted by Gasteiger charge is 2.16. The number of nitrogens with zero attached hydrogens (tertiary/aromatic N) is 2. The fourth-order valence-corrected chi connectivity index (χ4v) is 2.19. The lowest BCUT2D eigenvalue weighted by molar-refractivity contribution is -0.132. The number of carbonyl (C=O) groups is 1. The molecule has 0 radical (unpaired) electrons. The summed E-state index contributed by atoms with van der Waals surface area (Å²) in [5.41, 5.74) is 0. The molecule has 2 heterocycles. The van der Waals surface area contributed by atoms with E-state index in [0.29, 0.717) is 11.3 Å². The van der Waals surface area contributed by atoms with Gasteiger partial charge in [-0.05, 0) is 0 Å². The van der Waals surface area contributed by atoms with Crippen molar-refractivity contribution in [3.63, 3.8) is 0 Å². The molecular weight excluding hydrogens is 212 g/mol. The summed E-state index contributed by atoms with van der Waals surface area (Å²) in [5, 5.41) is 12.6. The first-order chi connectivity index (χ1) is 7.27. The molecule has 5 nitrogen and oxygen atoms in total. The number of hydrogen-bond donors (Lipinski definition) is 2. The fraction of sp³-hybridized carbons (Fsp3) is 0.556. The van der Waals surface area contributed by atoms with E-state index in [4.69, 9.17) is 5.41 Å². The number of aromatic nitrogens is 1. The minimum Gasteiger partial charge on any atom is -0.339 e. The Balaban J connectivity index is 1.97. The quantitative estimate of drug-likeness (QED) is 0.711. The lowest BCUT2D eigenvalue weighted by Crippen LogP contribution is -2.47. The Bertz CT molecular complexity index is 391. The van der Waals surface area contributed by atoms with Gasteiger partial charge in [-0.3, -0.25) is 10.2 Å². The Morgan fingerprint density at radius 2 is 2.27 bits per heavy atom. The fourth-order valence-electron chi connectivity index (χ4n) is 1.59. The van der Waals surface area contributed by atoms with Crippen LogP contribution in [0.2, 0.25) is 0 Å². The highest BCUT2D eigenvalue weighted by molar-refractivity contribution is 7.06. The summed E-state index contributed by atoms with van der Waals surface area (Å²) in [4.78, 5) is 14.1. The normalized spacial score (nSPS) is 16.7. The molecule has 0 saturated carbocycles. The van der Waals surface area contributed by atoms with Crippen LogP contribution in [0, 0.1) is 5.41 Å². The Kier molecular flexibility index (Phi) is 3.17. The number of hydrogen-bond acceptors (Lipinski definition) is 4. The summed E-state index contributed by atoms with van der Waals surface area (Å²) in [5.74, 6) is 0.105. The standard InChI is InChI=1S/C9H14N4OS/c10-9-13(5-6-15-9)7-8(14)12-3-1-11-2-4-12/h5-6,10-11H,1-4,7H2. The van der Waals surface area contributed by atoms with Gasteiger partial charge in [0.1, 0.15) is 6.54 Å². The molecule has 0 aromatic carbocycles. The van der Waals surface area contributed by atoms with E-state index in [1.807, 2.05) is 10.3 Å². The highest BCUT2D eigenvalue weighted by atomic mass is 32.1. The van der Waals surface area contributed by atoms with Crippen LogP contribution in [-0.4, -0.2) is 41.6 Å². The largest absolute Gasteiger partial charge is 0.339 e. The maximum atomic E-state index is 11.8. The van der Waals surface area contributed by atoms with E-state index in [9.17, 15) is 4.79 Å². The molecule has 0 atom stereocenters. The molecule has 1 saturated heterocycles. The predicted molar refractivity (Wildman–Crippen MR) is 57.6 cm³/mol. The maximum absolute atomic E-state index is 11.8. The molecule has 1 aromatic rings. The number of rotatable bonds is 2.